The largest absolute Gasteiger partial charge is 0.388 e. The Labute approximate surface area is 78.2 Å². The van der Waals surface area contributed by atoms with Crippen molar-refractivity contribution >= 4 is 0 Å². The molecule has 2 nitrogen and oxygen atoms in total. The van der Waals surface area contributed by atoms with Gasteiger partial charge in [0.2, 0.25) is 0 Å². The molecule has 2 atom stereocenters. The molecule has 2 rings (SSSR count). The molecule has 2 heteroatoms. The van der Waals surface area contributed by atoms with Gasteiger partial charge in [0.05, 0.1) is 5.60 Å². The van der Waals surface area contributed by atoms with Crippen LogP contribution in [-0.4, -0.2) is 16.8 Å². The van der Waals surface area contributed by atoms with Crippen LogP contribution in [0.5, 0.6) is 0 Å². The highest BCUT2D eigenvalue weighted by molar-refractivity contribution is 5.23. The molecule has 0 aliphatic carbocycles. The van der Waals surface area contributed by atoms with E-state index in [1.165, 1.54) is 0 Å². The fraction of sp³-hybridized carbons (Fsp3) is 0.455. The first-order chi connectivity index (χ1) is 6.09. The molecule has 1 saturated heterocycles. The number of hydrogen-bond acceptors (Lipinski definition) is 2. The fourth-order valence-electron chi connectivity index (χ4n) is 1.55. The van der Waals surface area contributed by atoms with E-state index in [2.05, 4.69) is 0 Å². The van der Waals surface area contributed by atoms with E-state index in [-0.39, 0.29) is 12.2 Å². The van der Waals surface area contributed by atoms with Crippen LogP contribution in [0.1, 0.15) is 25.5 Å². The molecule has 0 bridgehead atoms. The van der Waals surface area contributed by atoms with Crippen LogP contribution < -0.4 is 0 Å². The van der Waals surface area contributed by atoms with Crippen LogP contribution in [0, 0.1) is 0 Å². The number of epoxide rings is 1. The Kier molecular flexibility index (Phi) is 1.90. The highest BCUT2D eigenvalue weighted by Gasteiger charge is 2.49. The first-order valence-corrected chi connectivity index (χ1v) is 4.52. The van der Waals surface area contributed by atoms with Crippen molar-refractivity contribution in [1.29, 1.82) is 0 Å². The zero-order valence-corrected chi connectivity index (χ0v) is 7.90. The van der Waals surface area contributed by atoms with Crippen molar-refractivity contribution in [2.75, 3.05) is 0 Å². The van der Waals surface area contributed by atoms with Crippen molar-refractivity contribution in [2.24, 2.45) is 0 Å². The molecule has 1 heterocycles. The molecule has 0 aromatic heterocycles. The van der Waals surface area contributed by atoms with Crippen molar-refractivity contribution in [3.8, 4) is 0 Å². The van der Waals surface area contributed by atoms with E-state index >= 15 is 0 Å². The van der Waals surface area contributed by atoms with Gasteiger partial charge in [-0.3, -0.25) is 0 Å². The summed E-state index contributed by atoms with van der Waals surface area (Å²) in [6.45, 7) is 3.56. The molecule has 1 aliphatic rings. The third-order valence-corrected chi connectivity index (χ3v) is 2.32. The fourth-order valence-corrected chi connectivity index (χ4v) is 1.55. The predicted octanol–water partition coefficient (Wildman–Crippen LogP) is 1.90. The number of rotatable bonds is 2. The van der Waals surface area contributed by atoms with Gasteiger partial charge in [0.1, 0.15) is 12.2 Å². The lowest BCUT2D eigenvalue weighted by Gasteiger charge is -2.12. The van der Waals surface area contributed by atoms with E-state index in [0.29, 0.717) is 0 Å². The minimum atomic E-state index is -0.736. The van der Waals surface area contributed by atoms with Gasteiger partial charge in [0.25, 0.3) is 0 Å². The zero-order valence-electron chi connectivity index (χ0n) is 7.90. The lowest BCUT2D eigenvalue weighted by atomic mass is 9.99. The van der Waals surface area contributed by atoms with E-state index in [9.17, 15) is 5.11 Å². The topological polar surface area (TPSA) is 32.8 Å². The third-order valence-electron chi connectivity index (χ3n) is 2.32. The second-order valence-corrected chi connectivity index (χ2v) is 4.04. The van der Waals surface area contributed by atoms with Crippen LogP contribution in [-0.2, 0) is 4.74 Å². The molecule has 1 aliphatic heterocycles. The van der Waals surface area contributed by atoms with E-state index in [1.54, 1.807) is 13.8 Å². The summed E-state index contributed by atoms with van der Waals surface area (Å²) < 4.78 is 5.42. The van der Waals surface area contributed by atoms with Crippen LogP contribution in [0.25, 0.3) is 0 Å². The summed E-state index contributed by atoms with van der Waals surface area (Å²) in [5.41, 5.74) is 0.412. The van der Waals surface area contributed by atoms with Crippen LogP contribution in [0.3, 0.4) is 0 Å². The SMILES string of the molecule is CC(C)(O)[C@H]1O[C@@H]1c1ccccc1. The Bertz CT molecular complexity index is 287. The third kappa shape index (κ3) is 1.74. The number of hydrogen-bond donors (Lipinski definition) is 1. The summed E-state index contributed by atoms with van der Waals surface area (Å²) in [5, 5.41) is 9.66. The van der Waals surface area contributed by atoms with Gasteiger partial charge < -0.3 is 9.84 Å². The number of ether oxygens (including phenoxy) is 1. The van der Waals surface area contributed by atoms with E-state index in [1.807, 2.05) is 30.3 Å². The molecule has 70 valence electrons. The summed E-state index contributed by atoms with van der Waals surface area (Å²) in [5.74, 6) is 0. The predicted molar refractivity (Wildman–Crippen MR) is 50.4 cm³/mol. The maximum Gasteiger partial charge on any atom is 0.117 e. The molecule has 1 aromatic carbocycles. The second-order valence-electron chi connectivity index (χ2n) is 4.04. The van der Waals surface area contributed by atoms with Crippen LogP contribution >= 0.6 is 0 Å². The molecule has 0 radical (unpaired) electrons. The van der Waals surface area contributed by atoms with Crippen molar-refractivity contribution < 1.29 is 9.84 Å². The standard InChI is InChI=1S/C11H14O2/c1-11(2,12)10-9(13-10)8-6-4-3-5-7-8/h3-7,9-10,12H,1-2H3/t9-,10+/m1/s1. The number of benzene rings is 1. The van der Waals surface area contributed by atoms with Gasteiger partial charge >= 0.3 is 0 Å². The molecule has 0 spiro atoms. The molecular weight excluding hydrogens is 164 g/mol. The summed E-state index contributed by atoms with van der Waals surface area (Å²) in [4.78, 5) is 0. The lowest BCUT2D eigenvalue weighted by molar-refractivity contribution is 0.0482. The summed E-state index contributed by atoms with van der Waals surface area (Å²) >= 11 is 0. The molecular formula is C11H14O2. The van der Waals surface area contributed by atoms with Crippen molar-refractivity contribution in [3.63, 3.8) is 0 Å². The first-order valence-electron chi connectivity index (χ1n) is 4.52. The van der Waals surface area contributed by atoms with E-state index in [0.717, 1.165) is 5.56 Å². The van der Waals surface area contributed by atoms with Crippen molar-refractivity contribution in [1.82, 2.24) is 0 Å². The molecule has 0 unspecified atom stereocenters. The maximum atomic E-state index is 9.66. The average Bonchev–Trinajstić information content (AvgIpc) is 2.83. The summed E-state index contributed by atoms with van der Waals surface area (Å²) in [7, 11) is 0. The minimum Gasteiger partial charge on any atom is -0.388 e. The highest BCUT2D eigenvalue weighted by Crippen LogP contribution is 2.44. The first kappa shape index (κ1) is 8.73. The molecule has 1 aromatic rings. The quantitative estimate of drug-likeness (QED) is 0.701. The highest BCUT2D eigenvalue weighted by atomic mass is 16.6. The van der Waals surface area contributed by atoms with E-state index < -0.39 is 5.60 Å². The Balaban J connectivity index is 2.09. The van der Waals surface area contributed by atoms with Gasteiger partial charge in [-0.2, -0.15) is 0 Å². The van der Waals surface area contributed by atoms with Gasteiger partial charge in [-0.1, -0.05) is 30.3 Å². The van der Waals surface area contributed by atoms with Crippen LogP contribution in [0.4, 0.5) is 0 Å². The molecule has 1 N–H and O–H groups in total. The summed E-state index contributed by atoms with van der Waals surface area (Å²) in [6.07, 6.45) is 0.0381. The summed E-state index contributed by atoms with van der Waals surface area (Å²) in [6, 6.07) is 9.99. The van der Waals surface area contributed by atoms with Gasteiger partial charge in [0, 0.05) is 0 Å². The smallest absolute Gasteiger partial charge is 0.117 e. The number of aliphatic hydroxyl groups is 1. The van der Waals surface area contributed by atoms with E-state index in [4.69, 9.17) is 4.74 Å². The molecule has 13 heavy (non-hydrogen) atoms. The van der Waals surface area contributed by atoms with Crippen molar-refractivity contribution in [2.45, 2.75) is 31.7 Å². The van der Waals surface area contributed by atoms with Crippen LogP contribution in [0.15, 0.2) is 30.3 Å². The Hall–Kier alpha value is -0.860. The van der Waals surface area contributed by atoms with Gasteiger partial charge in [-0.25, -0.2) is 0 Å². The van der Waals surface area contributed by atoms with Crippen LogP contribution in [0.2, 0.25) is 0 Å². The molecule has 1 fully saturated rings. The Morgan fingerprint density at radius 2 is 1.85 bits per heavy atom. The van der Waals surface area contributed by atoms with Crippen molar-refractivity contribution in [3.05, 3.63) is 35.9 Å². The maximum absolute atomic E-state index is 9.66. The molecule has 0 saturated carbocycles. The minimum absolute atomic E-state index is 0.0464. The lowest BCUT2D eigenvalue weighted by Crippen LogP contribution is -2.26. The van der Waals surface area contributed by atoms with Gasteiger partial charge in [0.15, 0.2) is 0 Å². The Morgan fingerprint density at radius 1 is 1.23 bits per heavy atom. The average molecular weight is 178 g/mol. The Morgan fingerprint density at radius 3 is 2.31 bits per heavy atom. The normalized spacial score (nSPS) is 27.3. The monoisotopic (exact) mass is 178 g/mol. The zero-order chi connectivity index (χ0) is 9.47. The molecule has 0 amide bonds. The van der Waals surface area contributed by atoms with Gasteiger partial charge in [-0.15, -0.1) is 0 Å². The van der Waals surface area contributed by atoms with Gasteiger partial charge in [-0.05, 0) is 19.4 Å². The second kappa shape index (κ2) is 2.82.